The molecule has 0 aliphatic heterocycles. The van der Waals surface area contributed by atoms with Crippen LogP contribution < -0.4 is 4.74 Å². The Hall–Kier alpha value is -2.87. The zero-order chi connectivity index (χ0) is 27.4. The van der Waals surface area contributed by atoms with Crippen molar-refractivity contribution in [2.45, 2.75) is 76.5 Å². The number of halogens is 3. The first-order valence-corrected chi connectivity index (χ1v) is 12.7. The van der Waals surface area contributed by atoms with Crippen molar-refractivity contribution in [1.82, 2.24) is 0 Å². The lowest BCUT2D eigenvalue weighted by molar-refractivity contribution is -0.152. The fraction of sp³-hybridized carbons (Fsp3) is 0.414. The molecular formula is C29H33F3O4S. The van der Waals surface area contributed by atoms with Crippen LogP contribution in [0, 0.1) is 0 Å². The molecule has 0 saturated heterocycles. The predicted octanol–water partition coefficient (Wildman–Crippen LogP) is 8.77. The van der Waals surface area contributed by atoms with Crippen molar-refractivity contribution in [2.24, 2.45) is 0 Å². The number of benzene rings is 2. The summed E-state index contributed by atoms with van der Waals surface area (Å²) in [7, 11) is 0. The molecule has 4 nitrogen and oxygen atoms in total. The van der Waals surface area contributed by atoms with Crippen LogP contribution in [0.1, 0.15) is 64.5 Å². The molecule has 2 aromatic carbocycles. The van der Waals surface area contributed by atoms with E-state index in [0.29, 0.717) is 28.7 Å². The number of aryl methyl sites for hydroxylation is 1. The topological polar surface area (TPSA) is 48.7 Å². The van der Waals surface area contributed by atoms with Gasteiger partial charge in [-0.3, -0.25) is 0 Å². The normalized spacial score (nSPS) is 13.8. The zero-order valence-electron chi connectivity index (χ0n) is 21.6. The number of ether oxygens (including phenoxy) is 2. The third-order valence-corrected chi connectivity index (χ3v) is 6.10. The zero-order valence-corrected chi connectivity index (χ0v) is 22.5. The number of hydrogen-bond donors (Lipinski definition) is 1. The Bertz CT molecular complexity index is 1260. The largest absolute Gasteiger partial charge is 0.477 e. The fourth-order valence-corrected chi connectivity index (χ4v) is 4.90. The van der Waals surface area contributed by atoms with Gasteiger partial charge < -0.3 is 13.9 Å². The smallest absolute Gasteiger partial charge is 0.417 e. The second-order valence-corrected chi connectivity index (χ2v) is 10.9. The monoisotopic (exact) mass is 534 g/mol. The predicted molar refractivity (Wildman–Crippen MR) is 143 cm³/mol. The number of carbonyl (C=O) groups excluding carboxylic acids is 1. The van der Waals surface area contributed by atoms with Gasteiger partial charge in [-0.2, -0.15) is 13.2 Å². The lowest BCUT2D eigenvalue weighted by Crippen LogP contribution is -2.38. The molecule has 200 valence electrons. The highest BCUT2D eigenvalue weighted by Crippen LogP contribution is 2.41. The van der Waals surface area contributed by atoms with E-state index < -0.39 is 28.2 Å². The lowest BCUT2D eigenvalue weighted by atomic mass is 9.98. The lowest BCUT2D eigenvalue weighted by Gasteiger charge is -2.34. The number of carbonyl (C=O) groups is 1. The van der Waals surface area contributed by atoms with E-state index in [0.717, 1.165) is 25.3 Å². The average Bonchev–Trinajstić information content (AvgIpc) is 3.20. The Morgan fingerprint density at radius 1 is 1.08 bits per heavy atom. The van der Waals surface area contributed by atoms with Crippen LogP contribution in [-0.2, 0) is 22.1 Å². The van der Waals surface area contributed by atoms with E-state index in [1.165, 1.54) is 12.1 Å². The molecule has 8 heteroatoms. The molecule has 3 aromatic rings. The van der Waals surface area contributed by atoms with Crippen molar-refractivity contribution >= 4 is 29.6 Å². The maximum atomic E-state index is 13.9. The van der Waals surface area contributed by atoms with E-state index in [2.05, 4.69) is 26.1 Å². The number of alkyl halides is 3. The number of thiol groups is 1. The van der Waals surface area contributed by atoms with Crippen LogP contribution in [0.25, 0.3) is 22.3 Å². The molecule has 37 heavy (non-hydrogen) atoms. The molecule has 0 N–H and O–H groups in total. The van der Waals surface area contributed by atoms with Gasteiger partial charge >= 0.3 is 12.1 Å². The molecule has 0 bridgehead atoms. The molecular weight excluding hydrogens is 501 g/mol. The standard InChI is InChI=1S/C29H33F3O4S/c1-6-8-9-10-19-11-14-22(23(15-19)29(30,31)32)25-16-20-12-13-21(17-24(20)34-25)35-28(5,37)18-27(3,4)36-26(33)7-2/h7,11-17,37H,2,6,8-10,18H2,1,3-5H3. The molecule has 0 fully saturated rings. The van der Waals surface area contributed by atoms with E-state index >= 15 is 0 Å². The Morgan fingerprint density at radius 3 is 2.46 bits per heavy atom. The summed E-state index contributed by atoms with van der Waals surface area (Å²) in [6.07, 6.45) is 0.248. The van der Waals surface area contributed by atoms with Gasteiger partial charge in [0.15, 0.2) is 4.93 Å². The SMILES string of the molecule is C=CC(=O)OC(C)(C)CC(C)(S)Oc1ccc2cc(-c3ccc(CCCCC)cc3C(F)(F)F)oc2c1. The molecule has 0 aliphatic rings. The van der Waals surface area contributed by atoms with Gasteiger partial charge in [-0.25, -0.2) is 4.79 Å². The summed E-state index contributed by atoms with van der Waals surface area (Å²) >= 11 is 4.59. The Balaban J connectivity index is 1.87. The highest BCUT2D eigenvalue weighted by Gasteiger charge is 2.36. The molecule has 0 amide bonds. The first kappa shape index (κ1) is 28.7. The molecule has 0 saturated carbocycles. The van der Waals surface area contributed by atoms with Crippen LogP contribution in [0.15, 0.2) is 59.5 Å². The summed E-state index contributed by atoms with van der Waals surface area (Å²) in [4.78, 5) is 10.6. The Morgan fingerprint density at radius 2 is 1.81 bits per heavy atom. The van der Waals surface area contributed by atoms with Gasteiger partial charge in [-0.15, -0.1) is 12.6 Å². The molecule has 0 radical (unpaired) electrons. The maximum Gasteiger partial charge on any atom is 0.417 e. The van der Waals surface area contributed by atoms with Gasteiger partial charge in [-0.05, 0) is 63.4 Å². The molecule has 3 rings (SSSR count). The van der Waals surface area contributed by atoms with Crippen molar-refractivity contribution in [3.05, 3.63) is 66.2 Å². The van der Waals surface area contributed by atoms with E-state index in [-0.39, 0.29) is 17.7 Å². The van der Waals surface area contributed by atoms with Crippen LogP contribution >= 0.6 is 12.6 Å². The van der Waals surface area contributed by atoms with Gasteiger partial charge in [0.2, 0.25) is 0 Å². The minimum absolute atomic E-state index is 0.00442. The number of esters is 1. The third-order valence-electron chi connectivity index (χ3n) is 5.85. The number of fused-ring (bicyclic) bond motifs is 1. The van der Waals surface area contributed by atoms with E-state index in [1.807, 2.05) is 0 Å². The summed E-state index contributed by atoms with van der Waals surface area (Å²) in [6.45, 7) is 10.7. The van der Waals surface area contributed by atoms with Gasteiger partial charge in [-0.1, -0.05) is 38.5 Å². The number of hydrogen-bond acceptors (Lipinski definition) is 5. The molecule has 1 heterocycles. The quantitative estimate of drug-likeness (QED) is 0.0878. The van der Waals surface area contributed by atoms with Gasteiger partial charge in [0, 0.05) is 29.5 Å². The van der Waals surface area contributed by atoms with Crippen molar-refractivity contribution in [1.29, 1.82) is 0 Å². The minimum Gasteiger partial charge on any atom is -0.477 e. The third kappa shape index (κ3) is 7.81. The van der Waals surface area contributed by atoms with Crippen LogP contribution in [-0.4, -0.2) is 16.5 Å². The first-order chi connectivity index (χ1) is 17.2. The highest BCUT2D eigenvalue weighted by molar-refractivity contribution is 7.81. The molecule has 0 aliphatic carbocycles. The minimum atomic E-state index is -4.51. The molecule has 1 unspecified atom stereocenters. The number of furan rings is 1. The van der Waals surface area contributed by atoms with Crippen LogP contribution in [0.5, 0.6) is 5.75 Å². The second kappa shape index (κ2) is 11.3. The van der Waals surface area contributed by atoms with Crippen molar-refractivity contribution in [3.8, 4) is 17.1 Å². The van der Waals surface area contributed by atoms with Crippen molar-refractivity contribution in [3.63, 3.8) is 0 Å². The molecule has 0 spiro atoms. The van der Waals surface area contributed by atoms with Crippen molar-refractivity contribution in [2.75, 3.05) is 0 Å². The van der Waals surface area contributed by atoms with E-state index in [1.54, 1.807) is 51.1 Å². The summed E-state index contributed by atoms with van der Waals surface area (Å²) in [6, 6.07) is 11.1. The van der Waals surface area contributed by atoms with Crippen LogP contribution in [0.2, 0.25) is 0 Å². The number of rotatable bonds is 11. The molecule has 1 atom stereocenters. The summed E-state index contributed by atoms with van der Waals surface area (Å²) < 4.78 is 59.1. The second-order valence-electron chi connectivity index (χ2n) is 9.98. The van der Waals surface area contributed by atoms with E-state index in [9.17, 15) is 18.0 Å². The van der Waals surface area contributed by atoms with Crippen LogP contribution in [0.4, 0.5) is 13.2 Å². The summed E-state index contributed by atoms with van der Waals surface area (Å²) in [5.74, 6) is -0.00404. The Kier molecular flexibility index (Phi) is 8.73. The van der Waals surface area contributed by atoms with Gasteiger partial charge in [0.25, 0.3) is 0 Å². The van der Waals surface area contributed by atoms with Crippen molar-refractivity contribution < 1.29 is 31.9 Å². The van der Waals surface area contributed by atoms with E-state index in [4.69, 9.17) is 13.9 Å². The number of unbranched alkanes of at least 4 members (excludes halogenated alkanes) is 2. The fourth-order valence-electron chi connectivity index (χ4n) is 4.41. The first-order valence-electron chi connectivity index (χ1n) is 12.2. The van der Waals surface area contributed by atoms with Gasteiger partial charge in [0.05, 0.1) is 5.56 Å². The molecule has 1 aromatic heterocycles. The van der Waals surface area contributed by atoms with Crippen LogP contribution in [0.3, 0.4) is 0 Å². The summed E-state index contributed by atoms with van der Waals surface area (Å²) in [5, 5.41) is 0.642. The van der Waals surface area contributed by atoms with Gasteiger partial charge in [0.1, 0.15) is 22.7 Å². The maximum absolute atomic E-state index is 13.9. The summed E-state index contributed by atoms with van der Waals surface area (Å²) in [5.41, 5.74) is -0.549. The Labute approximate surface area is 221 Å². The highest BCUT2D eigenvalue weighted by atomic mass is 32.1. The average molecular weight is 535 g/mol.